The van der Waals surface area contributed by atoms with Crippen LogP contribution in [0.1, 0.15) is 20.3 Å². The van der Waals surface area contributed by atoms with Gasteiger partial charge in [0, 0.05) is 6.92 Å². The Morgan fingerprint density at radius 3 is 2.42 bits per heavy atom. The fourth-order valence-electron chi connectivity index (χ4n) is 0.689. The van der Waals surface area contributed by atoms with Crippen LogP contribution in [0.15, 0.2) is 11.8 Å². The molecule has 0 spiro atoms. The summed E-state index contributed by atoms with van der Waals surface area (Å²) in [6.07, 6.45) is 2.28. The number of amides is 1. The molecule has 4 heteroatoms. The average Bonchev–Trinajstić information content (AvgIpc) is 2.01. The van der Waals surface area contributed by atoms with E-state index in [2.05, 4.69) is 10.1 Å². The van der Waals surface area contributed by atoms with Crippen molar-refractivity contribution in [1.82, 2.24) is 5.32 Å². The number of rotatable bonds is 3. The van der Waals surface area contributed by atoms with Crippen molar-refractivity contribution in [3.05, 3.63) is 11.8 Å². The van der Waals surface area contributed by atoms with E-state index < -0.39 is 5.97 Å². The Hall–Kier alpha value is -1.32. The molecule has 0 aromatic rings. The second-order valence-corrected chi connectivity index (χ2v) is 2.20. The summed E-state index contributed by atoms with van der Waals surface area (Å²) in [6.45, 7) is 3.21. The molecule has 0 fully saturated rings. The molecule has 0 atom stereocenters. The van der Waals surface area contributed by atoms with Gasteiger partial charge in [-0.3, -0.25) is 4.79 Å². The summed E-state index contributed by atoms with van der Waals surface area (Å²) in [4.78, 5) is 21.5. The standard InChI is InChI=1S/C8H13NO3/c1-4-5-7(8(11)12-3)9-6(2)10/h5H,4H2,1-3H3,(H,9,10)/b7-5+. The highest BCUT2D eigenvalue weighted by atomic mass is 16.5. The summed E-state index contributed by atoms with van der Waals surface area (Å²) in [5, 5.41) is 2.38. The van der Waals surface area contributed by atoms with Crippen molar-refractivity contribution in [2.24, 2.45) is 0 Å². The summed E-state index contributed by atoms with van der Waals surface area (Å²) < 4.78 is 4.44. The van der Waals surface area contributed by atoms with Gasteiger partial charge in [0.2, 0.25) is 5.91 Å². The number of hydrogen-bond acceptors (Lipinski definition) is 3. The fourth-order valence-corrected chi connectivity index (χ4v) is 0.689. The lowest BCUT2D eigenvalue weighted by Gasteiger charge is -2.04. The third kappa shape index (κ3) is 3.75. The molecule has 0 saturated heterocycles. The van der Waals surface area contributed by atoms with E-state index in [9.17, 15) is 9.59 Å². The van der Waals surface area contributed by atoms with Gasteiger partial charge in [-0.05, 0) is 6.42 Å². The zero-order valence-electron chi connectivity index (χ0n) is 7.51. The van der Waals surface area contributed by atoms with E-state index >= 15 is 0 Å². The highest BCUT2D eigenvalue weighted by Crippen LogP contribution is 1.94. The van der Waals surface area contributed by atoms with Crippen LogP contribution < -0.4 is 5.32 Å². The van der Waals surface area contributed by atoms with E-state index in [4.69, 9.17) is 0 Å². The molecule has 0 aliphatic heterocycles. The van der Waals surface area contributed by atoms with Gasteiger partial charge in [0.1, 0.15) is 5.70 Å². The maximum Gasteiger partial charge on any atom is 0.354 e. The summed E-state index contributed by atoms with van der Waals surface area (Å²) in [6, 6.07) is 0. The molecule has 12 heavy (non-hydrogen) atoms. The van der Waals surface area contributed by atoms with E-state index in [0.29, 0.717) is 6.42 Å². The third-order valence-corrected chi connectivity index (χ3v) is 1.12. The molecule has 0 bridgehead atoms. The van der Waals surface area contributed by atoms with Gasteiger partial charge in [0.05, 0.1) is 7.11 Å². The van der Waals surface area contributed by atoms with Crippen molar-refractivity contribution in [1.29, 1.82) is 0 Å². The van der Waals surface area contributed by atoms with E-state index in [1.807, 2.05) is 6.92 Å². The van der Waals surface area contributed by atoms with Gasteiger partial charge in [-0.15, -0.1) is 0 Å². The van der Waals surface area contributed by atoms with Gasteiger partial charge >= 0.3 is 5.97 Å². The smallest absolute Gasteiger partial charge is 0.354 e. The minimum Gasteiger partial charge on any atom is -0.464 e. The summed E-state index contributed by atoms with van der Waals surface area (Å²) in [7, 11) is 1.27. The molecule has 0 aliphatic carbocycles. The van der Waals surface area contributed by atoms with E-state index in [1.165, 1.54) is 14.0 Å². The molecule has 0 aromatic carbocycles. The Balaban J connectivity index is 4.34. The predicted octanol–water partition coefficient (Wildman–Crippen LogP) is 0.589. The quantitative estimate of drug-likeness (QED) is 0.499. The second-order valence-electron chi connectivity index (χ2n) is 2.20. The van der Waals surface area contributed by atoms with Crippen molar-refractivity contribution in [3.63, 3.8) is 0 Å². The van der Waals surface area contributed by atoms with E-state index in [1.54, 1.807) is 6.08 Å². The molecule has 4 nitrogen and oxygen atoms in total. The predicted molar refractivity (Wildman–Crippen MR) is 44.2 cm³/mol. The van der Waals surface area contributed by atoms with Crippen LogP contribution in [0.4, 0.5) is 0 Å². The Bertz CT molecular complexity index is 208. The monoisotopic (exact) mass is 171 g/mol. The summed E-state index contributed by atoms with van der Waals surface area (Å²) in [5.74, 6) is -0.799. The molecule has 0 saturated carbocycles. The van der Waals surface area contributed by atoms with E-state index in [0.717, 1.165) is 0 Å². The zero-order valence-corrected chi connectivity index (χ0v) is 7.51. The Labute approximate surface area is 71.6 Å². The first-order chi connectivity index (χ1) is 5.61. The van der Waals surface area contributed by atoms with Crippen LogP contribution in [-0.2, 0) is 14.3 Å². The van der Waals surface area contributed by atoms with Gasteiger partial charge in [-0.25, -0.2) is 4.79 Å². The third-order valence-electron chi connectivity index (χ3n) is 1.12. The topological polar surface area (TPSA) is 55.4 Å². The van der Waals surface area contributed by atoms with Crippen LogP contribution in [0.25, 0.3) is 0 Å². The molecule has 0 heterocycles. The lowest BCUT2D eigenvalue weighted by atomic mass is 10.3. The molecule has 0 radical (unpaired) electrons. The molecule has 0 unspecified atom stereocenters. The molecule has 0 aromatic heterocycles. The molecule has 1 N–H and O–H groups in total. The SMILES string of the molecule is CC/C=C(/NC(C)=O)C(=O)OC. The van der Waals surface area contributed by atoms with Crippen LogP contribution in [0.5, 0.6) is 0 Å². The molecule has 68 valence electrons. The number of ether oxygens (including phenoxy) is 1. The van der Waals surface area contributed by atoms with Crippen LogP contribution in [-0.4, -0.2) is 19.0 Å². The summed E-state index contributed by atoms with van der Waals surface area (Å²) >= 11 is 0. The van der Waals surface area contributed by atoms with Crippen molar-refractivity contribution in [3.8, 4) is 0 Å². The first-order valence-corrected chi connectivity index (χ1v) is 3.67. The average molecular weight is 171 g/mol. The second kappa shape index (κ2) is 5.35. The van der Waals surface area contributed by atoms with Crippen molar-refractivity contribution in [2.45, 2.75) is 20.3 Å². The van der Waals surface area contributed by atoms with Gasteiger partial charge in [-0.2, -0.15) is 0 Å². The normalized spacial score (nSPS) is 10.8. The van der Waals surface area contributed by atoms with Crippen LogP contribution in [0.2, 0.25) is 0 Å². The Morgan fingerprint density at radius 1 is 1.50 bits per heavy atom. The van der Waals surface area contributed by atoms with E-state index in [-0.39, 0.29) is 11.6 Å². The molecular formula is C8H13NO3. The fraction of sp³-hybridized carbons (Fsp3) is 0.500. The number of esters is 1. The molecule has 0 aliphatic rings. The first-order valence-electron chi connectivity index (χ1n) is 3.67. The summed E-state index contributed by atoms with van der Waals surface area (Å²) in [5.41, 5.74) is 0.201. The minimum atomic E-state index is -0.521. The Kier molecular flexibility index (Phi) is 4.76. The van der Waals surface area contributed by atoms with Crippen LogP contribution in [0, 0.1) is 0 Å². The lowest BCUT2D eigenvalue weighted by molar-refractivity contribution is -0.137. The number of allylic oxidation sites excluding steroid dienone is 1. The van der Waals surface area contributed by atoms with Gasteiger partial charge < -0.3 is 10.1 Å². The number of hydrogen-bond donors (Lipinski definition) is 1. The van der Waals surface area contributed by atoms with Gasteiger partial charge in [-0.1, -0.05) is 13.0 Å². The maximum absolute atomic E-state index is 10.9. The number of nitrogens with one attached hydrogen (secondary N) is 1. The highest BCUT2D eigenvalue weighted by molar-refractivity contribution is 5.93. The molecule has 0 rings (SSSR count). The Morgan fingerprint density at radius 2 is 2.08 bits per heavy atom. The minimum absolute atomic E-state index is 0.201. The zero-order chi connectivity index (χ0) is 9.56. The first kappa shape index (κ1) is 10.7. The molecule has 1 amide bonds. The van der Waals surface area contributed by atoms with Gasteiger partial charge in [0.15, 0.2) is 0 Å². The number of carbonyl (C=O) groups is 2. The van der Waals surface area contributed by atoms with Crippen LogP contribution in [0.3, 0.4) is 0 Å². The number of carbonyl (C=O) groups excluding carboxylic acids is 2. The largest absolute Gasteiger partial charge is 0.464 e. The molecular weight excluding hydrogens is 158 g/mol. The lowest BCUT2D eigenvalue weighted by Crippen LogP contribution is -2.25. The van der Waals surface area contributed by atoms with Crippen LogP contribution >= 0.6 is 0 Å². The number of methoxy groups -OCH3 is 1. The van der Waals surface area contributed by atoms with Crippen molar-refractivity contribution >= 4 is 11.9 Å². The van der Waals surface area contributed by atoms with Crippen molar-refractivity contribution in [2.75, 3.05) is 7.11 Å². The van der Waals surface area contributed by atoms with Crippen molar-refractivity contribution < 1.29 is 14.3 Å². The maximum atomic E-state index is 10.9. The highest BCUT2D eigenvalue weighted by Gasteiger charge is 2.09. The van der Waals surface area contributed by atoms with Gasteiger partial charge in [0.25, 0.3) is 0 Å².